The maximum Gasteiger partial charge on any atom is 0.244 e. The zero-order chi connectivity index (χ0) is 19.5. The maximum absolute atomic E-state index is 6.10. The molecule has 4 aromatic rings. The highest BCUT2D eigenvalue weighted by molar-refractivity contribution is 5.89. The van der Waals surface area contributed by atoms with Gasteiger partial charge in [-0.3, -0.25) is 0 Å². The van der Waals surface area contributed by atoms with Gasteiger partial charge in [-0.25, -0.2) is 9.20 Å². The first kappa shape index (κ1) is 16.9. The minimum absolute atomic E-state index is 0.105. The van der Waals surface area contributed by atoms with E-state index in [1.54, 1.807) is 16.3 Å². The second kappa shape index (κ2) is 5.90. The van der Waals surface area contributed by atoms with Crippen LogP contribution in [0.4, 0.5) is 5.95 Å². The third-order valence-electron chi connectivity index (χ3n) is 5.35. The number of nitrogens with one attached hydrogen (secondary N) is 1. The van der Waals surface area contributed by atoms with Crippen molar-refractivity contribution >= 4 is 22.5 Å². The molecule has 9 heteroatoms. The molecule has 0 atom stereocenters. The van der Waals surface area contributed by atoms with Crippen molar-refractivity contribution in [2.45, 2.75) is 31.3 Å². The van der Waals surface area contributed by atoms with Gasteiger partial charge < -0.3 is 15.8 Å². The smallest absolute Gasteiger partial charge is 0.244 e. The van der Waals surface area contributed by atoms with Gasteiger partial charge in [0.15, 0.2) is 0 Å². The number of nitrogens with zero attached hydrogens (tertiary/aromatic N) is 6. The third kappa shape index (κ3) is 2.66. The zero-order valence-corrected chi connectivity index (χ0v) is 16.0. The lowest BCUT2D eigenvalue weighted by molar-refractivity contribution is 0.247. The second-order valence-electron chi connectivity index (χ2n) is 7.79. The van der Waals surface area contributed by atoms with Crippen LogP contribution < -0.4 is 15.8 Å². The van der Waals surface area contributed by atoms with Crippen LogP contribution in [0.1, 0.15) is 19.8 Å². The van der Waals surface area contributed by atoms with Gasteiger partial charge in [-0.05, 0) is 43.5 Å². The maximum atomic E-state index is 6.10. The zero-order valence-electron chi connectivity index (χ0n) is 16.0. The molecule has 3 aromatic heterocycles. The first-order valence-corrected chi connectivity index (χ1v) is 9.22. The van der Waals surface area contributed by atoms with Gasteiger partial charge in [-0.1, -0.05) is 11.3 Å². The summed E-state index contributed by atoms with van der Waals surface area (Å²) in [6.07, 6.45) is 3.71. The van der Waals surface area contributed by atoms with Crippen molar-refractivity contribution in [1.29, 1.82) is 0 Å². The number of hydrogen-bond acceptors (Lipinski definition) is 7. The number of rotatable bonds is 4. The van der Waals surface area contributed by atoms with Crippen molar-refractivity contribution in [2.75, 3.05) is 12.4 Å². The summed E-state index contributed by atoms with van der Waals surface area (Å²) in [5.41, 5.74) is 10.7. The van der Waals surface area contributed by atoms with Crippen LogP contribution in [0.15, 0.2) is 30.5 Å². The van der Waals surface area contributed by atoms with Gasteiger partial charge in [0, 0.05) is 30.4 Å². The van der Waals surface area contributed by atoms with E-state index in [2.05, 4.69) is 38.7 Å². The largest absolute Gasteiger partial charge is 0.479 e. The minimum Gasteiger partial charge on any atom is -0.479 e. The molecule has 28 heavy (non-hydrogen) atoms. The number of anilines is 1. The summed E-state index contributed by atoms with van der Waals surface area (Å²) in [6, 6.07) is 8.35. The molecule has 0 amide bonds. The highest BCUT2D eigenvalue weighted by Gasteiger charge is 2.37. The topological polar surface area (TPSA) is 108 Å². The molecule has 0 unspecified atom stereocenters. The Hall–Kier alpha value is -3.20. The lowest BCUT2D eigenvalue weighted by Crippen LogP contribution is -2.54. The molecule has 144 valence electrons. The van der Waals surface area contributed by atoms with E-state index in [0.717, 1.165) is 40.5 Å². The molecule has 1 aromatic carbocycles. The molecule has 1 aliphatic carbocycles. The van der Waals surface area contributed by atoms with Gasteiger partial charge in [0.25, 0.3) is 0 Å². The highest BCUT2D eigenvalue weighted by Crippen LogP contribution is 2.34. The highest BCUT2D eigenvalue weighted by atomic mass is 16.5. The van der Waals surface area contributed by atoms with E-state index in [1.165, 1.54) is 0 Å². The Morgan fingerprint density at radius 3 is 2.86 bits per heavy atom. The molecule has 3 N–H and O–H groups in total. The number of aryl methyl sites for hydroxylation is 1. The van der Waals surface area contributed by atoms with Gasteiger partial charge in [0.1, 0.15) is 11.0 Å². The van der Waals surface area contributed by atoms with Crippen LogP contribution in [0.3, 0.4) is 0 Å². The third-order valence-corrected chi connectivity index (χ3v) is 5.35. The van der Waals surface area contributed by atoms with Gasteiger partial charge in [-0.15, -0.1) is 10.2 Å². The molecule has 3 heterocycles. The molecule has 0 spiro atoms. The minimum atomic E-state index is -0.105. The number of nitrogens with two attached hydrogens (primary N) is 1. The molecule has 0 saturated heterocycles. The Morgan fingerprint density at radius 1 is 1.29 bits per heavy atom. The summed E-state index contributed by atoms with van der Waals surface area (Å²) in [4.78, 5) is 4.58. The molecular formula is C19H22N8O. The fourth-order valence-corrected chi connectivity index (χ4v) is 3.98. The van der Waals surface area contributed by atoms with Crippen LogP contribution in [-0.4, -0.2) is 48.3 Å². The van der Waals surface area contributed by atoms with E-state index >= 15 is 0 Å². The SMILES string of the molecule is COc1nc(NC2CC(C)(N)C2)nn2ccc(-c3ccc4nnn(C)c4c3)c12. The van der Waals surface area contributed by atoms with E-state index in [9.17, 15) is 0 Å². The average Bonchev–Trinajstić information content (AvgIpc) is 3.23. The van der Waals surface area contributed by atoms with Gasteiger partial charge in [0.05, 0.1) is 12.6 Å². The quantitative estimate of drug-likeness (QED) is 0.559. The van der Waals surface area contributed by atoms with Crippen molar-refractivity contribution in [1.82, 2.24) is 29.6 Å². The van der Waals surface area contributed by atoms with Gasteiger partial charge in [-0.2, -0.15) is 4.98 Å². The summed E-state index contributed by atoms with van der Waals surface area (Å²) in [6.45, 7) is 2.06. The summed E-state index contributed by atoms with van der Waals surface area (Å²) in [5.74, 6) is 1.06. The summed E-state index contributed by atoms with van der Waals surface area (Å²) >= 11 is 0. The first-order valence-electron chi connectivity index (χ1n) is 9.22. The fourth-order valence-electron chi connectivity index (χ4n) is 3.98. The Morgan fingerprint density at radius 2 is 2.11 bits per heavy atom. The number of aromatic nitrogens is 6. The summed E-state index contributed by atoms with van der Waals surface area (Å²) < 4.78 is 9.15. The number of hydrogen-bond donors (Lipinski definition) is 2. The Bertz CT molecular complexity index is 1180. The lowest BCUT2D eigenvalue weighted by Gasteiger charge is -2.42. The molecule has 1 fully saturated rings. The summed E-state index contributed by atoms with van der Waals surface area (Å²) in [5, 5.41) is 16.2. The molecule has 0 bridgehead atoms. The standard InChI is InChI=1S/C19H22N8O/c1-19(20)9-12(10-19)21-18-22-17(28-3)16-13(6-7-27(16)24-18)11-4-5-14-15(8-11)26(2)25-23-14/h4-8,12H,9-10,20H2,1-3H3,(H,21,24). The van der Waals surface area contributed by atoms with E-state index in [4.69, 9.17) is 10.5 Å². The van der Waals surface area contributed by atoms with Gasteiger partial charge in [0.2, 0.25) is 11.8 Å². The molecule has 9 nitrogen and oxygen atoms in total. The fraction of sp³-hybridized carbons (Fsp3) is 0.368. The Labute approximate surface area is 161 Å². The molecule has 0 radical (unpaired) electrons. The van der Waals surface area contributed by atoms with Crippen LogP contribution in [0.25, 0.3) is 27.7 Å². The molecular weight excluding hydrogens is 356 g/mol. The van der Waals surface area contributed by atoms with Crippen molar-refractivity contribution in [3.05, 3.63) is 30.5 Å². The number of fused-ring (bicyclic) bond motifs is 2. The van der Waals surface area contributed by atoms with Crippen molar-refractivity contribution in [3.63, 3.8) is 0 Å². The normalized spacial score (nSPS) is 21.8. The van der Waals surface area contributed by atoms with Crippen LogP contribution in [-0.2, 0) is 7.05 Å². The second-order valence-corrected chi connectivity index (χ2v) is 7.79. The molecule has 1 aliphatic rings. The molecule has 5 rings (SSSR count). The van der Waals surface area contributed by atoms with E-state index in [-0.39, 0.29) is 11.6 Å². The van der Waals surface area contributed by atoms with E-state index in [1.807, 2.05) is 31.4 Å². The van der Waals surface area contributed by atoms with Crippen molar-refractivity contribution in [2.24, 2.45) is 12.8 Å². The van der Waals surface area contributed by atoms with Crippen LogP contribution in [0, 0.1) is 0 Å². The monoisotopic (exact) mass is 378 g/mol. The van der Waals surface area contributed by atoms with Crippen LogP contribution >= 0.6 is 0 Å². The Balaban J connectivity index is 1.56. The summed E-state index contributed by atoms with van der Waals surface area (Å²) in [7, 11) is 3.50. The van der Waals surface area contributed by atoms with E-state index in [0.29, 0.717) is 11.8 Å². The lowest BCUT2D eigenvalue weighted by atomic mass is 9.75. The van der Waals surface area contributed by atoms with Crippen LogP contribution in [0.5, 0.6) is 5.88 Å². The number of methoxy groups -OCH3 is 1. The van der Waals surface area contributed by atoms with Crippen LogP contribution in [0.2, 0.25) is 0 Å². The van der Waals surface area contributed by atoms with Gasteiger partial charge >= 0.3 is 0 Å². The molecule has 1 saturated carbocycles. The average molecular weight is 378 g/mol. The predicted molar refractivity (Wildman–Crippen MR) is 106 cm³/mol. The Kier molecular flexibility index (Phi) is 3.57. The number of ether oxygens (including phenoxy) is 1. The first-order chi connectivity index (χ1) is 13.4. The van der Waals surface area contributed by atoms with Crippen molar-refractivity contribution < 1.29 is 4.74 Å². The molecule has 0 aliphatic heterocycles. The predicted octanol–water partition coefficient (Wildman–Crippen LogP) is 1.98. The van der Waals surface area contributed by atoms with Crippen molar-refractivity contribution in [3.8, 4) is 17.0 Å². The number of benzene rings is 1. The van der Waals surface area contributed by atoms with E-state index < -0.39 is 0 Å².